The van der Waals surface area contributed by atoms with Gasteiger partial charge in [0.2, 0.25) is 5.95 Å². The number of nitrogens with zero attached hydrogens (tertiary/aromatic N) is 1. The summed E-state index contributed by atoms with van der Waals surface area (Å²) in [7, 11) is 0. The van der Waals surface area contributed by atoms with Gasteiger partial charge in [-0.05, 0) is 36.9 Å². The Morgan fingerprint density at radius 1 is 0.824 bits per heavy atom. The molecule has 0 saturated carbocycles. The lowest BCUT2D eigenvalue weighted by Crippen LogP contribution is -1.90. The summed E-state index contributed by atoms with van der Waals surface area (Å²) in [5.41, 5.74) is 2.86. The van der Waals surface area contributed by atoms with Crippen LogP contribution in [0.3, 0.4) is 0 Å². The van der Waals surface area contributed by atoms with Crippen LogP contribution in [0.4, 0.5) is 4.39 Å². The monoisotopic (exact) mass is 225 g/mol. The number of hydrogen-bond donors (Lipinski definition) is 0. The van der Waals surface area contributed by atoms with Crippen LogP contribution in [0.1, 0.15) is 11.1 Å². The van der Waals surface area contributed by atoms with Gasteiger partial charge < -0.3 is 0 Å². The third kappa shape index (κ3) is 1.57. The molecule has 0 amide bonds. The molecular weight excluding hydrogens is 213 g/mol. The van der Waals surface area contributed by atoms with Crippen LogP contribution in [0.25, 0.3) is 21.7 Å². The first kappa shape index (κ1) is 10.2. The molecule has 0 aliphatic rings. The Labute approximate surface area is 98.9 Å². The van der Waals surface area contributed by atoms with Crippen LogP contribution < -0.4 is 0 Å². The topological polar surface area (TPSA) is 12.9 Å². The molecule has 0 N–H and O–H groups in total. The Morgan fingerprint density at radius 3 is 2.24 bits per heavy atom. The highest BCUT2D eigenvalue weighted by molar-refractivity contribution is 6.05. The van der Waals surface area contributed by atoms with Crippen LogP contribution in [0.5, 0.6) is 0 Å². The third-order valence-electron chi connectivity index (χ3n) is 3.06. The second-order valence-electron chi connectivity index (χ2n) is 4.47. The van der Waals surface area contributed by atoms with E-state index in [2.05, 4.69) is 4.98 Å². The molecule has 0 radical (unpaired) electrons. The number of fused-ring (bicyclic) bond motifs is 3. The van der Waals surface area contributed by atoms with Gasteiger partial charge in [-0.1, -0.05) is 29.8 Å². The lowest BCUT2D eigenvalue weighted by Gasteiger charge is -2.06. The van der Waals surface area contributed by atoms with E-state index in [1.165, 1.54) is 0 Å². The van der Waals surface area contributed by atoms with Crippen LogP contribution in [-0.4, -0.2) is 4.98 Å². The summed E-state index contributed by atoms with van der Waals surface area (Å²) in [6.45, 7) is 3.94. The molecule has 17 heavy (non-hydrogen) atoms. The first-order valence-corrected chi connectivity index (χ1v) is 5.61. The zero-order valence-electron chi connectivity index (χ0n) is 9.79. The van der Waals surface area contributed by atoms with E-state index in [1.807, 2.05) is 50.2 Å². The summed E-state index contributed by atoms with van der Waals surface area (Å²) in [4.78, 5) is 4.04. The van der Waals surface area contributed by atoms with Gasteiger partial charge >= 0.3 is 0 Å². The zero-order valence-corrected chi connectivity index (χ0v) is 9.79. The summed E-state index contributed by atoms with van der Waals surface area (Å²) in [6.07, 6.45) is 0. The Hall–Kier alpha value is -1.96. The SMILES string of the molecule is Cc1ccc2c(c1)nc(F)c1cc(C)ccc12. The fourth-order valence-electron chi connectivity index (χ4n) is 2.19. The van der Waals surface area contributed by atoms with E-state index in [1.54, 1.807) is 0 Å². The second kappa shape index (κ2) is 3.52. The number of pyridine rings is 1. The van der Waals surface area contributed by atoms with Crippen molar-refractivity contribution in [2.24, 2.45) is 0 Å². The minimum atomic E-state index is -0.387. The lowest BCUT2D eigenvalue weighted by atomic mass is 10.0. The van der Waals surface area contributed by atoms with Gasteiger partial charge in [0.25, 0.3) is 0 Å². The van der Waals surface area contributed by atoms with Gasteiger partial charge in [0.15, 0.2) is 0 Å². The quantitative estimate of drug-likeness (QED) is 0.414. The highest BCUT2D eigenvalue weighted by atomic mass is 19.1. The summed E-state index contributed by atoms with van der Waals surface area (Å²) in [6, 6.07) is 11.8. The van der Waals surface area contributed by atoms with Crippen LogP contribution >= 0.6 is 0 Å². The first-order chi connectivity index (χ1) is 8.15. The minimum Gasteiger partial charge on any atom is -0.219 e. The first-order valence-electron chi connectivity index (χ1n) is 5.61. The van der Waals surface area contributed by atoms with Crippen LogP contribution in [0, 0.1) is 19.8 Å². The van der Waals surface area contributed by atoms with Crippen molar-refractivity contribution in [3.8, 4) is 0 Å². The standard InChI is InChI=1S/C15H12FN/c1-9-3-5-11-12-6-4-10(2)8-14(12)17-15(16)13(11)7-9/h3-8H,1-2H3. The van der Waals surface area contributed by atoms with Crippen molar-refractivity contribution in [1.29, 1.82) is 0 Å². The molecule has 0 unspecified atom stereocenters. The maximum Gasteiger partial charge on any atom is 0.221 e. The van der Waals surface area contributed by atoms with Crippen molar-refractivity contribution in [3.63, 3.8) is 0 Å². The van der Waals surface area contributed by atoms with Gasteiger partial charge in [-0.2, -0.15) is 4.39 Å². The molecule has 0 saturated heterocycles. The van der Waals surface area contributed by atoms with E-state index in [0.717, 1.165) is 27.4 Å². The average molecular weight is 225 g/mol. The van der Waals surface area contributed by atoms with Crippen LogP contribution in [0.15, 0.2) is 36.4 Å². The largest absolute Gasteiger partial charge is 0.221 e. The zero-order chi connectivity index (χ0) is 12.0. The number of halogens is 1. The van der Waals surface area contributed by atoms with Gasteiger partial charge in [-0.15, -0.1) is 0 Å². The molecule has 0 atom stereocenters. The van der Waals surface area contributed by atoms with Crippen molar-refractivity contribution in [2.75, 3.05) is 0 Å². The van der Waals surface area contributed by atoms with Crippen molar-refractivity contribution >= 4 is 21.7 Å². The molecule has 1 heterocycles. The smallest absolute Gasteiger partial charge is 0.219 e. The van der Waals surface area contributed by atoms with E-state index in [0.29, 0.717) is 5.39 Å². The summed E-state index contributed by atoms with van der Waals surface area (Å²) in [5.74, 6) is -0.387. The van der Waals surface area contributed by atoms with E-state index >= 15 is 0 Å². The Morgan fingerprint density at radius 2 is 1.47 bits per heavy atom. The number of rotatable bonds is 0. The predicted molar refractivity (Wildman–Crippen MR) is 68.7 cm³/mol. The maximum atomic E-state index is 13.9. The number of aromatic nitrogens is 1. The molecule has 2 aromatic carbocycles. The Balaban J connectivity index is 2.55. The molecular formula is C15H12FN. The highest BCUT2D eigenvalue weighted by Crippen LogP contribution is 2.27. The predicted octanol–water partition coefficient (Wildman–Crippen LogP) is 4.14. The third-order valence-corrected chi connectivity index (χ3v) is 3.06. The van der Waals surface area contributed by atoms with Crippen molar-refractivity contribution in [1.82, 2.24) is 4.98 Å². The molecule has 0 aliphatic heterocycles. The summed E-state index contributed by atoms with van der Waals surface area (Å²) in [5, 5.41) is 2.53. The summed E-state index contributed by atoms with van der Waals surface area (Å²) < 4.78 is 13.9. The fourth-order valence-corrected chi connectivity index (χ4v) is 2.19. The maximum absolute atomic E-state index is 13.9. The van der Waals surface area contributed by atoms with Gasteiger partial charge in [-0.25, -0.2) is 4.98 Å². The fraction of sp³-hybridized carbons (Fsp3) is 0.133. The molecule has 0 spiro atoms. The van der Waals surface area contributed by atoms with E-state index in [-0.39, 0.29) is 5.95 Å². The molecule has 0 bridgehead atoms. The van der Waals surface area contributed by atoms with Crippen molar-refractivity contribution in [2.45, 2.75) is 13.8 Å². The number of benzene rings is 2. The molecule has 84 valence electrons. The highest BCUT2D eigenvalue weighted by Gasteiger charge is 2.07. The molecule has 3 rings (SSSR count). The average Bonchev–Trinajstić information content (AvgIpc) is 2.29. The number of hydrogen-bond acceptors (Lipinski definition) is 1. The lowest BCUT2D eigenvalue weighted by molar-refractivity contribution is 0.601. The van der Waals surface area contributed by atoms with Gasteiger partial charge in [-0.3, -0.25) is 0 Å². The molecule has 0 fully saturated rings. The van der Waals surface area contributed by atoms with Gasteiger partial charge in [0.05, 0.1) is 5.52 Å². The second-order valence-corrected chi connectivity index (χ2v) is 4.47. The van der Waals surface area contributed by atoms with E-state index in [9.17, 15) is 4.39 Å². The van der Waals surface area contributed by atoms with E-state index < -0.39 is 0 Å². The molecule has 1 aromatic heterocycles. The van der Waals surface area contributed by atoms with Gasteiger partial charge in [0.1, 0.15) is 0 Å². The molecule has 0 aliphatic carbocycles. The van der Waals surface area contributed by atoms with Crippen LogP contribution in [-0.2, 0) is 0 Å². The van der Waals surface area contributed by atoms with Crippen LogP contribution in [0.2, 0.25) is 0 Å². The molecule has 2 heteroatoms. The van der Waals surface area contributed by atoms with Crippen molar-refractivity contribution < 1.29 is 4.39 Å². The van der Waals surface area contributed by atoms with Gasteiger partial charge in [0, 0.05) is 10.8 Å². The minimum absolute atomic E-state index is 0.387. The molecule has 3 aromatic rings. The normalized spacial score (nSPS) is 11.2. The van der Waals surface area contributed by atoms with E-state index in [4.69, 9.17) is 0 Å². The Bertz CT molecular complexity index is 732. The Kier molecular flexibility index (Phi) is 2.11. The summed E-state index contributed by atoms with van der Waals surface area (Å²) >= 11 is 0. The van der Waals surface area contributed by atoms with Crippen molar-refractivity contribution in [3.05, 3.63) is 53.5 Å². The molecule has 1 nitrogen and oxygen atoms in total. The number of aryl methyl sites for hydroxylation is 2.